The average molecular weight is 871 g/mol. The summed E-state index contributed by atoms with van der Waals surface area (Å²) in [5.74, 6) is -3.18. The molecule has 0 radical (unpaired) electrons. The van der Waals surface area contributed by atoms with E-state index >= 15 is 0 Å². The monoisotopic (exact) mass is 870 g/mol. The maximum atomic E-state index is 13.8. The van der Waals surface area contributed by atoms with E-state index in [-0.39, 0.29) is 40.9 Å². The molecule has 0 unspecified atom stereocenters. The predicted molar refractivity (Wildman–Crippen MR) is 222 cm³/mol. The number of imidazole rings is 1. The predicted octanol–water partition coefficient (Wildman–Crippen LogP) is 3.62. The van der Waals surface area contributed by atoms with Crippen LogP contribution in [0.1, 0.15) is 85.6 Å². The molecule has 3 aromatic heterocycles. The van der Waals surface area contributed by atoms with Crippen molar-refractivity contribution in [1.29, 1.82) is 0 Å². The normalized spacial score (nSPS) is 22.4. The van der Waals surface area contributed by atoms with Crippen LogP contribution < -0.4 is 21.2 Å². The number of carbonyl (C=O) groups is 4. The fourth-order valence-corrected chi connectivity index (χ4v) is 9.57. The van der Waals surface area contributed by atoms with Crippen LogP contribution in [-0.2, 0) is 33.3 Å². The molecule has 2 saturated heterocycles. The number of piperazine rings is 1. The molecule has 5 aromatic rings. The van der Waals surface area contributed by atoms with Crippen LogP contribution in [0, 0.1) is 17.0 Å². The van der Waals surface area contributed by atoms with Gasteiger partial charge in [-0.05, 0) is 106 Å². The lowest BCUT2D eigenvalue weighted by molar-refractivity contribution is -0.135. The Morgan fingerprint density at radius 1 is 0.984 bits per heavy atom. The van der Waals surface area contributed by atoms with Gasteiger partial charge in [-0.25, -0.2) is 23.5 Å². The van der Waals surface area contributed by atoms with Gasteiger partial charge >= 0.3 is 5.69 Å². The first-order chi connectivity index (χ1) is 30.3. The summed E-state index contributed by atoms with van der Waals surface area (Å²) in [4.78, 5) is 77.2. The molecular weight excluding hydrogens is 823 g/mol. The van der Waals surface area contributed by atoms with Gasteiger partial charge in [0.05, 0.1) is 11.0 Å². The zero-order valence-electron chi connectivity index (χ0n) is 34.7. The number of aromatic hydroxyl groups is 1. The fourth-order valence-electron chi connectivity index (χ4n) is 9.57. The van der Waals surface area contributed by atoms with E-state index in [0.717, 1.165) is 107 Å². The molecule has 3 aliphatic carbocycles. The number of aromatic nitrogens is 6. The molecule has 5 aliphatic rings. The highest BCUT2D eigenvalue weighted by Gasteiger charge is 2.51. The van der Waals surface area contributed by atoms with Crippen molar-refractivity contribution in [2.45, 2.75) is 75.7 Å². The van der Waals surface area contributed by atoms with E-state index in [0.29, 0.717) is 41.8 Å². The van der Waals surface area contributed by atoms with Crippen LogP contribution in [-0.4, -0.2) is 108 Å². The van der Waals surface area contributed by atoms with Crippen LogP contribution >= 0.6 is 0 Å². The van der Waals surface area contributed by atoms with Crippen molar-refractivity contribution in [3.63, 3.8) is 0 Å². The summed E-state index contributed by atoms with van der Waals surface area (Å²) >= 11 is 0. The number of carbonyl (C=O) groups excluding carboxylic acids is 3. The van der Waals surface area contributed by atoms with Crippen molar-refractivity contribution in [3.8, 4) is 17.3 Å². The third-order valence-corrected chi connectivity index (χ3v) is 13.3. The quantitative estimate of drug-likeness (QED) is 0.110. The zero-order valence-corrected chi connectivity index (χ0v) is 34.7. The van der Waals surface area contributed by atoms with Gasteiger partial charge in [0.15, 0.2) is 23.2 Å². The molecule has 63 heavy (non-hydrogen) atoms. The van der Waals surface area contributed by atoms with E-state index in [1.165, 1.54) is 4.57 Å². The summed E-state index contributed by atoms with van der Waals surface area (Å²) < 4.78 is 36.5. The van der Waals surface area contributed by atoms with Crippen molar-refractivity contribution in [3.05, 3.63) is 81.7 Å². The number of piperidine rings is 1. The number of anilines is 1. The highest BCUT2D eigenvalue weighted by Crippen LogP contribution is 2.57. The Kier molecular flexibility index (Phi) is 12.1. The first-order valence-electron chi connectivity index (χ1n) is 21.1. The Balaban J connectivity index is 0.00000177. The van der Waals surface area contributed by atoms with E-state index < -0.39 is 35.2 Å². The summed E-state index contributed by atoms with van der Waals surface area (Å²) in [7, 11) is 1.71. The molecule has 2 aromatic carbocycles. The number of aryl methyl sites for hydroxylation is 2. The van der Waals surface area contributed by atoms with Gasteiger partial charge in [-0.1, -0.05) is 11.2 Å². The molecule has 3 amide bonds. The number of fused-ring (bicyclic) bond motifs is 4. The van der Waals surface area contributed by atoms with Gasteiger partial charge in [0.2, 0.25) is 17.8 Å². The van der Waals surface area contributed by atoms with Crippen LogP contribution in [0.25, 0.3) is 22.6 Å². The van der Waals surface area contributed by atoms with E-state index in [2.05, 4.69) is 30.6 Å². The van der Waals surface area contributed by atoms with Crippen LogP contribution in [0.2, 0.25) is 0 Å². The van der Waals surface area contributed by atoms with Crippen LogP contribution in [0.4, 0.5) is 14.7 Å². The lowest BCUT2D eigenvalue weighted by atomic mass is 9.53. The number of amides is 3. The second kappa shape index (κ2) is 17.7. The molecule has 10 rings (SSSR count). The lowest BCUT2D eigenvalue weighted by Gasteiger charge is -2.52. The Morgan fingerprint density at radius 2 is 1.68 bits per heavy atom. The summed E-state index contributed by atoms with van der Waals surface area (Å²) in [6.07, 6.45) is 8.94. The molecule has 0 spiro atoms. The van der Waals surface area contributed by atoms with E-state index in [1.807, 2.05) is 18.2 Å². The lowest BCUT2D eigenvalue weighted by Crippen LogP contribution is -2.49. The molecule has 20 heteroatoms. The molecule has 4 N–H and O–H groups in total. The second-order valence-electron chi connectivity index (χ2n) is 17.0. The van der Waals surface area contributed by atoms with Crippen LogP contribution in [0.15, 0.2) is 51.9 Å². The number of nitrogens with one attached hydrogen (secondary N) is 2. The summed E-state index contributed by atoms with van der Waals surface area (Å²) in [6, 6.07) is 8.67. The van der Waals surface area contributed by atoms with Crippen LogP contribution in [0.3, 0.4) is 0 Å². The highest BCUT2D eigenvalue weighted by atomic mass is 19.1. The number of nitrogens with zero attached hydrogens (tertiary/aromatic N) is 8. The maximum absolute atomic E-state index is 13.8. The molecule has 5 heterocycles. The van der Waals surface area contributed by atoms with E-state index in [1.54, 1.807) is 23.9 Å². The van der Waals surface area contributed by atoms with Crippen LogP contribution in [0.5, 0.6) is 5.75 Å². The number of rotatable bonds is 11. The number of halogens is 2. The standard InChI is InChI=1S/C42H46F2N10O6.CH2O2/c1-51-32-21-25(4-5-30(32)54(40(51)59)31-6-7-33(55)48-36(31)58)3-2-16-52-17-19-53(20-18-52)39-45-15-8-29(47-39)37-49-38(50-60-37)42-12-9-41(10-13-42,11-14-42)24-46-35(57)26-22-27(43)34(56)28(44)23-26;2-1-3/h4-5,8,15,21-23,31,56H,2-3,6-7,9-14,16-20,24H2,1H3,(H,46,57)(H,48,55,58);1H,(H,2,3)/t31-,41?,42?;/m1./s1. The van der Waals surface area contributed by atoms with Gasteiger partial charge in [-0.15, -0.1) is 0 Å². The number of imide groups is 1. The molecule has 3 saturated carbocycles. The van der Waals surface area contributed by atoms with Crippen molar-refractivity contribution in [1.82, 2.24) is 44.8 Å². The Labute approximate surface area is 359 Å². The number of phenolic OH excluding ortho intramolecular Hbond substituents is 1. The van der Waals surface area contributed by atoms with Crippen molar-refractivity contribution in [2.24, 2.45) is 12.5 Å². The average Bonchev–Trinajstić information content (AvgIpc) is 3.89. The van der Waals surface area contributed by atoms with E-state index in [9.17, 15) is 33.1 Å². The number of hydrogen-bond donors (Lipinski definition) is 4. The van der Waals surface area contributed by atoms with Gasteiger partial charge in [0, 0.05) is 63.4 Å². The second-order valence-corrected chi connectivity index (χ2v) is 17.0. The number of hydrogen-bond acceptors (Lipinski definition) is 13. The maximum Gasteiger partial charge on any atom is 0.329 e. The molecular formula is C43H48F2N10O8. The smallest absolute Gasteiger partial charge is 0.329 e. The number of benzene rings is 2. The van der Waals surface area contributed by atoms with Crippen molar-refractivity contribution >= 4 is 41.2 Å². The summed E-state index contributed by atoms with van der Waals surface area (Å²) in [6.45, 7) is 4.26. The third kappa shape index (κ3) is 8.63. The molecule has 5 fully saturated rings. The Morgan fingerprint density at radius 3 is 2.37 bits per heavy atom. The third-order valence-electron chi connectivity index (χ3n) is 13.3. The summed E-state index contributed by atoms with van der Waals surface area (Å²) in [5, 5.41) is 25.9. The minimum atomic E-state index is -1.17. The largest absolute Gasteiger partial charge is 0.503 e. The Bertz CT molecular complexity index is 2570. The first-order valence-corrected chi connectivity index (χ1v) is 21.1. The molecule has 2 bridgehead atoms. The van der Waals surface area contributed by atoms with Gasteiger partial charge in [-0.2, -0.15) is 4.98 Å². The zero-order chi connectivity index (χ0) is 44.5. The van der Waals surface area contributed by atoms with Gasteiger partial charge in [-0.3, -0.25) is 38.5 Å². The summed E-state index contributed by atoms with van der Waals surface area (Å²) in [5.41, 5.74) is 2.30. The molecule has 1 atom stereocenters. The number of phenols is 1. The SMILES string of the molecule is Cn1c(=O)n([C@@H]2CCC(=O)NC2=O)c2ccc(CCCN3CCN(c4nccc(-c5nc(C67CCC(CNC(=O)c8cc(F)c(O)c(F)c8)(CC6)CC7)no5)n4)CC3)cc21.O=CO. The highest BCUT2D eigenvalue weighted by molar-refractivity contribution is 6.00. The van der Waals surface area contributed by atoms with Crippen molar-refractivity contribution in [2.75, 3.05) is 44.2 Å². The number of carboxylic acid groups (broad SMARTS) is 1. The Hall–Kier alpha value is -6.57. The molecule has 2 aliphatic heterocycles. The fraction of sp³-hybridized carbons (Fsp3) is 0.465. The van der Waals surface area contributed by atoms with Crippen molar-refractivity contribution < 1.29 is 42.7 Å². The first kappa shape index (κ1) is 43.1. The minimum absolute atomic E-state index is 0.128. The minimum Gasteiger partial charge on any atom is -0.503 e. The van der Waals surface area contributed by atoms with Gasteiger partial charge in [0.25, 0.3) is 18.3 Å². The van der Waals surface area contributed by atoms with Gasteiger partial charge in [0.1, 0.15) is 11.7 Å². The van der Waals surface area contributed by atoms with E-state index in [4.69, 9.17) is 24.4 Å². The molecule has 18 nitrogen and oxygen atoms in total. The topological polar surface area (TPSA) is 231 Å². The van der Waals surface area contributed by atoms with Gasteiger partial charge < -0.3 is 25.0 Å². The molecule has 332 valence electrons.